The molecule has 1 fully saturated rings. The highest BCUT2D eigenvalue weighted by Gasteiger charge is 2.27. The van der Waals surface area contributed by atoms with Crippen LogP contribution in [-0.4, -0.2) is 41.5 Å². The van der Waals surface area contributed by atoms with Crippen molar-refractivity contribution in [3.63, 3.8) is 0 Å². The fourth-order valence-corrected chi connectivity index (χ4v) is 5.65. The van der Waals surface area contributed by atoms with Crippen LogP contribution in [0.5, 0.6) is 0 Å². The van der Waals surface area contributed by atoms with Gasteiger partial charge in [-0.25, -0.2) is 17.5 Å². The average Bonchev–Trinajstić information content (AvgIpc) is 2.83. The van der Waals surface area contributed by atoms with Gasteiger partial charge in [0.1, 0.15) is 12.4 Å². The molecule has 10 heteroatoms. The summed E-state index contributed by atoms with van der Waals surface area (Å²) in [6, 6.07) is 13.4. The number of benzene rings is 2. The Morgan fingerprint density at radius 3 is 2.53 bits per heavy atom. The maximum absolute atomic E-state index is 13.8. The molecule has 0 aliphatic carbocycles. The lowest BCUT2D eigenvalue weighted by Crippen LogP contribution is -2.36. The van der Waals surface area contributed by atoms with Gasteiger partial charge in [0, 0.05) is 24.7 Å². The van der Waals surface area contributed by atoms with E-state index < -0.39 is 33.9 Å². The van der Waals surface area contributed by atoms with E-state index in [1.807, 2.05) is 0 Å². The van der Waals surface area contributed by atoms with E-state index >= 15 is 0 Å². The summed E-state index contributed by atoms with van der Waals surface area (Å²) in [5, 5.41) is 6.67. The molecule has 2 aromatic carbocycles. The zero-order valence-electron chi connectivity index (χ0n) is 18.7. The molecule has 0 radical (unpaired) electrons. The van der Waals surface area contributed by atoms with Crippen molar-refractivity contribution in [2.45, 2.75) is 37.6 Å². The van der Waals surface area contributed by atoms with Gasteiger partial charge >= 0.3 is 0 Å². The predicted octanol–water partition coefficient (Wildman–Crippen LogP) is 3.17. The number of amides is 1. The van der Waals surface area contributed by atoms with Crippen LogP contribution in [0.2, 0.25) is 0 Å². The second-order valence-electron chi connectivity index (χ2n) is 8.19. The van der Waals surface area contributed by atoms with Gasteiger partial charge < -0.3 is 5.32 Å². The van der Waals surface area contributed by atoms with Crippen LogP contribution in [0.25, 0.3) is 11.3 Å². The van der Waals surface area contributed by atoms with Gasteiger partial charge in [0.25, 0.3) is 5.56 Å². The van der Waals surface area contributed by atoms with E-state index in [4.69, 9.17) is 0 Å². The summed E-state index contributed by atoms with van der Waals surface area (Å²) in [4.78, 5) is 24.9. The van der Waals surface area contributed by atoms with Crippen molar-refractivity contribution in [2.75, 3.05) is 18.4 Å². The van der Waals surface area contributed by atoms with E-state index in [0.29, 0.717) is 29.9 Å². The van der Waals surface area contributed by atoms with Crippen molar-refractivity contribution in [3.8, 4) is 11.3 Å². The lowest BCUT2D eigenvalue weighted by atomic mass is 10.1. The zero-order valence-corrected chi connectivity index (χ0v) is 19.5. The van der Waals surface area contributed by atoms with Crippen molar-refractivity contribution in [3.05, 3.63) is 76.3 Å². The Labute approximate surface area is 197 Å². The molecule has 0 bridgehead atoms. The van der Waals surface area contributed by atoms with E-state index in [2.05, 4.69) is 10.4 Å². The number of carbonyl (C=O) groups is 1. The molecule has 2 heterocycles. The number of para-hydroxylation sites is 1. The summed E-state index contributed by atoms with van der Waals surface area (Å²) in [6.07, 6.45) is 2.68. The van der Waals surface area contributed by atoms with E-state index in [0.717, 1.165) is 23.9 Å². The number of hydrogen-bond donors (Lipinski definition) is 1. The Hall–Kier alpha value is -3.37. The third-order valence-electron chi connectivity index (χ3n) is 5.72. The molecule has 0 spiro atoms. The smallest absolute Gasteiger partial charge is 0.267 e. The SMILES string of the molecule is Cc1ccc(-c2ccc(=O)n(CC(=O)Nc3ccccc3F)n2)cc1S(=O)(=O)N1CCCCC1. The highest BCUT2D eigenvalue weighted by Crippen LogP contribution is 2.27. The molecule has 3 aromatic rings. The topological polar surface area (TPSA) is 101 Å². The first-order chi connectivity index (χ1) is 16.3. The van der Waals surface area contributed by atoms with Gasteiger partial charge in [0.2, 0.25) is 15.9 Å². The molecular formula is C24H25FN4O4S. The van der Waals surface area contributed by atoms with Crippen LogP contribution in [0, 0.1) is 12.7 Å². The molecule has 4 rings (SSSR count). The number of hydrogen-bond acceptors (Lipinski definition) is 5. The number of carbonyl (C=O) groups excluding carboxylic acids is 1. The molecule has 1 aliphatic rings. The van der Waals surface area contributed by atoms with Crippen molar-refractivity contribution >= 4 is 21.6 Å². The maximum Gasteiger partial charge on any atom is 0.267 e. The maximum atomic E-state index is 13.8. The lowest BCUT2D eigenvalue weighted by molar-refractivity contribution is -0.117. The molecule has 1 aromatic heterocycles. The number of nitrogens with zero attached hydrogens (tertiary/aromatic N) is 3. The second kappa shape index (κ2) is 9.86. The number of aryl methyl sites for hydroxylation is 1. The third kappa shape index (κ3) is 5.07. The van der Waals surface area contributed by atoms with E-state index in [9.17, 15) is 22.4 Å². The number of sulfonamides is 1. The summed E-state index contributed by atoms with van der Waals surface area (Å²) >= 11 is 0. The Bertz CT molecular complexity index is 1380. The first-order valence-corrected chi connectivity index (χ1v) is 12.4. The molecule has 178 valence electrons. The molecule has 1 aliphatic heterocycles. The Morgan fingerprint density at radius 1 is 1.06 bits per heavy atom. The summed E-state index contributed by atoms with van der Waals surface area (Å²) < 4.78 is 42.7. The minimum atomic E-state index is -3.66. The average molecular weight is 485 g/mol. The van der Waals surface area contributed by atoms with Gasteiger partial charge in [0.15, 0.2) is 0 Å². The first-order valence-electron chi connectivity index (χ1n) is 11.0. The molecule has 1 N–H and O–H groups in total. The van der Waals surface area contributed by atoms with Gasteiger partial charge in [0.05, 0.1) is 16.3 Å². The molecular weight excluding hydrogens is 459 g/mol. The van der Waals surface area contributed by atoms with E-state index in [-0.39, 0.29) is 10.6 Å². The van der Waals surface area contributed by atoms with Crippen LogP contribution in [0.15, 0.2) is 64.3 Å². The second-order valence-corrected chi connectivity index (χ2v) is 10.1. The fourth-order valence-electron chi connectivity index (χ4n) is 3.89. The summed E-state index contributed by atoms with van der Waals surface area (Å²) in [6.45, 7) is 2.30. The zero-order chi connectivity index (χ0) is 24.3. The quantitative estimate of drug-likeness (QED) is 0.579. The first kappa shape index (κ1) is 23.8. The van der Waals surface area contributed by atoms with Crippen LogP contribution in [0.3, 0.4) is 0 Å². The van der Waals surface area contributed by atoms with Gasteiger partial charge in [-0.3, -0.25) is 9.59 Å². The van der Waals surface area contributed by atoms with Crippen molar-refractivity contribution in [2.24, 2.45) is 0 Å². The number of piperidine rings is 1. The highest BCUT2D eigenvalue weighted by atomic mass is 32.2. The monoisotopic (exact) mass is 484 g/mol. The van der Waals surface area contributed by atoms with Crippen LogP contribution >= 0.6 is 0 Å². The van der Waals surface area contributed by atoms with Gasteiger partial charge in [-0.15, -0.1) is 0 Å². The molecule has 34 heavy (non-hydrogen) atoms. The molecule has 0 saturated carbocycles. The summed E-state index contributed by atoms with van der Waals surface area (Å²) in [5.74, 6) is -1.21. The van der Waals surface area contributed by atoms with Crippen molar-refractivity contribution in [1.82, 2.24) is 14.1 Å². The minimum Gasteiger partial charge on any atom is -0.322 e. The molecule has 1 saturated heterocycles. The fraction of sp³-hybridized carbons (Fsp3) is 0.292. The third-order valence-corrected chi connectivity index (χ3v) is 7.77. The number of halogens is 1. The Balaban J connectivity index is 1.61. The normalized spacial score (nSPS) is 14.6. The van der Waals surface area contributed by atoms with Crippen LogP contribution in [0.4, 0.5) is 10.1 Å². The Morgan fingerprint density at radius 2 is 1.79 bits per heavy atom. The number of rotatable bonds is 6. The van der Waals surface area contributed by atoms with E-state index in [1.54, 1.807) is 31.2 Å². The van der Waals surface area contributed by atoms with Crippen LogP contribution in [-0.2, 0) is 21.4 Å². The van der Waals surface area contributed by atoms with Gasteiger partial charge in [-0.2, -0.15) is 9.40 Å². The van der Waals surface area contributed by atoms with Crippen molar-refractivity contribution < 1.29 is 17.6 Å². The van der Waals surface area contributed by atoms with Crippen molar-refractivity contribution in [1.29, 1.82) is 0 Å². The standard InChI is InChI=1S/C24H25FN4O4S/c1-17-9-10-18(15-22(17)34(32,33)28-13-5-2-6-14-28)20-11-12-24(31)29(27-20)16-23(30)26-21-8-4-3-7-19(21)25/h3-4,7-12,15H,2,5-6,13-14,16H2,1H3,(H,26,30). The van der Waals surface area contributed by atoms with Crippen LogP contribution in [0.1, 0.15) is 24.8 Å². The highest BCUT2D eigenvalue weighted by molar-refractivity contribution is 7.89. The Kier molecular flexibility index (Phi) is 6.90. The van der Waals surface area contributed by atoms with E-state index in [1.165, 1.54) is 34.6 Å². The summed E-state index contributed by atoms with van der Waals surface area (Å²) in [7, 11) is -3.66. The lowest BCUT2D eigenvalue weighted by Gasteiger charge is -2.26. The largest absolute Gasteiger partial charge is 0.322 e. The molecule has 8 nitrogen and oxygen atoms in total. The number of nitrogens with one attached hydrogen (secondary N) is 1. The molecule has 0 unspecified atom stereocenters. The van der Waals surface area contributed by atoms with Gasteiger partial charge in [-0.1, -0.05) is 30.7 Å². The number of anilines is 1. The predicted molar refractivity (Wildman–Crippen MR) is 126 cm³/mol. The van der Waals surface area contributed by atoms with Gasteiger partial charge in [-0.05, 0) is 49.6 Å². The van der Waals surface area contributed by atoms with Crippen LogP contribution < -0.4 is 10.9 Å². The minimum absolute atomic E-state index is 0.00259. The molecule has 1 amide bonds. The summed E-state index contributed by atoms with van der Waals surface area (Å²) in [5.41, 5.74) is 0.952. The molecule has 0 atom stereocenters. The number of aromatic nitrogens is 2.